The van der Waals surface area contributed by atoms with Gasteiger partial charge in [0.25, 0.3) is 0 Å². The first-order chi connectivity index (χ1) is 9.69. The van der Waals surface area contributed by atoms with E-state index in [0.717, 1.165) is 30.5 Å². The highest BCUT2D eigenvalue weighted by atomic mass is 16.2. The average molecular weight is 274 g/mol. The minimum Gasteiger partial charge on any atom is -0.333 e. The van der Waals surface area contributed by atoms with Crippen LogP contribution in [0.1, 0.15) is 32.3 Å². The maximum Gasteiger partial charge on any atom is 0.316 e. The molecule has 0 bridgehead atoms. The van der Waals surface area contributed by atoms with E-state index >= 15 is 0 Å². The Morgan fingerprint density at radius 1 is 1.05 bits per heavy atom. The molecular weight excluding hydrogens is 252 g/mol. The Morgan fingerprint density at radius 3 is 2.50 bits per heavy atom. The second-order valence-corrected chi connectivity index (χ2v) is 5.08. The SMILES string of the molecule is CCCCN1CCN(c2ccccc2CC)C(=O)C1=O. The molecule has 0 N–H and O–H groups in total. The molecular formula is C16H22N2O2. The van der Waals surface area contributed by atoms with Crippen LogP contribution in [0, 0.1) is 0 Å². The Balaban J connectivity index is 2.16. The van der Waals surface area contributed by atoms with Gasteiger partial charge in [-0.15, -0.1) is 0 Å². The Kier molecular flexibility index (Phi) is 4.77. The first kappa shape index (κ1) is 14.6. The summed E-state index contributed by atoms with van der Waals surface area (Å²) in [6, 6.07) is 7.81. The molecule has 0 aliphatic carbocycles. The fourth-order valence-corrected chi connectivity index (χ4v) is 2.54. The number of carbonyl (C=O) groups excluding carboxylic acids is 2. The zero-order valence-electron chi connectivity index (χ0n) is 12.3. The van der Waals surface area contributed by atoms with Crippen LogP contribution < -0.4 is 4.90 Å². The number of amides is 2. The highest BCUT2D eigenvalue weighted by Crippen LogP contribution is 2.23. The van der Waals surface area contributed by atoms with E-state index < -0.39 is 5.91 Å². The van der Waals surface area contributed by atoms with Crippen molar-refractivity contribution in [2.24, 2.45) is 0 Å². The molecule has 1 fully saturated rings. The predicted molar refractivity (Wildman–Crippen MR) is 79.7 cm³/mol. The molecule has 0 atom stereocenters. The van der Waals surface area contributed by atoms with Crippen LogP contribution in [0.3, 0.4) is 0 Å². The number of para-hydroxylation sites is 1. The summed E-state index contributed by atoms with van der Waals surface area (Å²) in [5.41, 5.74) is 1.99. The van der Waals surface area contributed by atoms with E-state index in [1.54, 1.807) is 9.80 Å². The van der Waals surface area contributed by atoms with Crippen LogP contribution in [0.2, 0.25) is 0 Å². The summed E-state index contributed by atoms with van der Waals surface area (Å²) in [5, 5.41) is 0. The van der Waals surface area contributed by atoms with Crippen LogP contribution in [-0.2, 0) is 16.0 Å². The molecule has 0 aromatic heterocycles. The smallest absolute Gasteiger partial charge is 0.316 e. The van der Waals surface area contributed by atoms with Crippen molar-refractivity contribution in [2.75, 3.05) is 24.5 Å². The fourth-order valence-electron chi connectivity index (χ4n) is 2.54. The molecule has 1 aromatic rings. The zero-order chi connectivity index (χ0) is 14.5. The molecule has 4 heteroatoms. The molecule has 0 unspecified atom stereocenters. The number of hydrogen-bond donors (Lipinski definition) is 0. The molecule has 2 amide bonds. The minimum absolute atomic E-state index is 0.365. The van der Waals surface area contributed by atoms with Gasteiger partial charge in [-0.2, -0.15) is 0 Å². The maximum atomic E-state index is 12.3. The molecule has 1 aliphatic heterocycles. The number of piperazine rings is 1. The topological polar surface area (TPSA) is 40.6 Å². The van der Waals surface area contributed by atoms with E-state index in [1.165, 1.54) is 0 Å². The highest BCUT2D eigenvalue weighted by Gasteiger charge is 2.33. The third-order valence-electron chi connectivity index (χ3n) is 3.75. The van der Waals surface area contributed by atoms with E-state index in [2.05, 4.69) is 13.8 Å². The monoisotopic (exact) mass is 274 g/mol. The number of anilines is 1. The third-order valence-corrected chi connectivity index (χ3v) is 3.75. The Morgan fingerprint density at radius 2 is 1.80 bits per heavy atom. The van der Waals surface area contributed by atoms with Crippen LogP contribution in [0.5, 0.6) is 0 Å². The quantitative estimate of drug-likeness (QED) is 0.773. The number of nitrogens with zero attached hydrogens (tertiary/aromatic N) is 2. The summed E-state index contributed by atoms with van der Waals surface area (Å²) in [7, 11) is 0. The molecule has 2 rings (SSSR count). The Bertz CT molecular complexity index is 499. The van der Waals surface area contributed by atoms with Gasteiger partial charge in [-0.1, -0.05) is 38.5 Å². The van der Waals surface area contributed by atoms with Crippen molar-refractivity contribution in [1.82, 2.24) is 4.90 Å². The predicted octanol–water partition coefficient (Wildman–Crippen LogP) is 2.22. The number of hydrogen-bond acceptors (Lipinski definition) is 2. The lowest BCUT2D eigenvalue weighted by atomic mass is 10.1. The lowest BCUT2D eigenvalue weighted by molar-refractivity contribution is -0.146. The number of aryl methyl sites for hydroxylation is 1. The number of benzene rings is 1. The first-order valence-electron chi connectivity index (χ1n) is 7.37. The van der Waals surface area contributed by atoms with E-state index in [-0.39, 0.29) is 5.91 Å². The summed E-state index contributed by atoms with van der Waals surface area (Å²) < 4.78 is 0. The number of carbonyl (C=O) groups is 2. The molecule has 108 valence electrons. The molecule has 1 aliphatic rings. The van der Waals surface area contributed by atoms with Crippen LogP contribution in [0.15, 0.2) is 24.3 Å². The van der Waals surface area contributed by atoms with Crippen molar-refractivity contribution < 1.29 is 9.59 Å². The van der Waals surface area contributed by atoms with Crippen molar-refractivity contribution >= 4 is 17.5 Å². The molecule has 0 radical (unpaired) electrons. The van der Waals surface area contributed by atoms with E-state index in [1.807, 2.05) is 24.3 Å². The maximum absolute atomic E-state index is 12.3. The summed E-state index contributed by atoms with van der Waals surface area (Å²) in [6.07, 6.45) is 2.83. The van der Waals surface area contributed by atoms with Gasteiger partial charge >= 0.3 is 11.8 Å². The van der Waals surface area contributed by atoms with Gasteiger partial charge in [-0.25, -0.2) is 0 Å². The van der Waals surface area contributed by atoms with E-state index in [9.17, 15) is 9.59 Å². The van der Waals surface area contributed by atoms with E-state index in [0.29, 0.717) is 19.6 Å². The van der Waals surface area contributed by atoms with Crippen molar-refractivity contribution in [3.8, 4) is 0 Å². The number of unbranched alkanes of at least 4 members (excludes halogenated alkanes) is 1. The van der Waals surface area contributed by atoms with Crippen LogP contribution >= 0.6 is 0 Å². The summed E-state index contributed by atoms with van der Waals surface area (Å²) in [6.45, 7) is 6.04. The van der Waals surface area contributed by atoms with Crippen molar-refractivity contribution in [3.63, 3.8) is 0 Å². The average Bonchev–Trinajstić information content (AvgIpc) is 2.49. The second kappa shape index (κ2) is 6.55. The van der Waals surface area contributed by atoms with Crippen molar-refractivity contribution in [2.45, 2.75) is 33.1 Å². The largest absolute Gasteiger partial charge is 0.333 e. The highest BCUT2D eigenvalue weighted by molar-refractivity contribution is 6.41. The van der Waals surface area contributed by atoms with Gasteiger partial charge in [0.15, 0.2) is 0 Å². The third kappa shape index (κ3) is 2.84. The van der Waals surface area contributed by atoms with Crippen LogP contribution in [-0.4, -0.2) is 36.3 Å². The van der Waals surface area contributed by atoms with Crippen LogP contribution in [0.4, 0.5) is 5.69 Å². The summed E-state index contributed by atoms with van der Waals surface area (Å²) >= 11 is 0. The molecule has 4 nitrogen and oxygen atoms in total. The lowest BCUT2D eigenvalue weighted by Crippen LogP contribution is -2.54. The minimum atomic E-state index is -0.395. The molecule has 1 aromatic carbocycles. The van der Waals surface area contributed by atoms with Gasteiger partial charge in [0.1, 0.15) is 0 Å². The fraction of sp³-hybridized carbons (Fsp3) is 0.500. The van der Waals surface area contributed by atoms with Crippen LogP contribution in [0.25, 0.3) is 0 Å². The number of rotatable bonds is 5. The van der Waals surface area contributed by atoms with Crippen molar-refractivity contribution in [3.05, 3.63) is 29.8 Å². The van der Waals surface area contributed by atoms with Gasteiger partial charge in [0.05, 0.1) is 0 Å². The van der Waals surface area contributed by atoms with Gasteiger partial charge in [0.2, 0.25) is 0 Å². The molecule has 1 saturated heterocycles. The zero-order valence-corrected chi connectivity index (χ0v) is 12.3. The Hall–Kier alpha value is -1.84. The van der Waals surface area contributed by atoms with Gasteiger partial charge < -0.3 is 9.80 Å². The standard InChI is InChI=1S/C16H22N2O2/c1-3-5-10-17-11-12-18(16(20)15(17)19)14-9-7-6-8-13(14)4-2/h6-9H,3-5,10-12H2,1-2H3. The molecule has 1 heterocycles. The first-order valence-corrected chi connectivity index (χ1v) is 7.37. The summed E-state index contributed by atoms with van der Waals surface area (Å²) in [4.78, 5) is 27.8. The normalized spacial score (nSPS) is 15.9. The van der Waals surface area contributed by atoms with Gasteiger partial charge in [-0.3, -0.25) is 9.59 Å². The molecule has 0 saturated carbocycles. The van der Waals surface area contributed by atoms with Crippen molar-refractivity contribution in [1.29, 1.82) is 0 Å². The second-order valence-electron chi connectivity index (χ2n) is 5.08. The molecule has 20 heavy (non-hydrogen) atoms. The van der Waals surface area contributed by atoms with E-state index in [4.69, 9.17) is 0 Å². The van der Waals surface area contributed by atoms with Gasteiger partial charge in [-0.05, 0) is 24.5 Å². The summed E-state index contributed by atoms with van der Waals surface area (Å²) in [5.74, 6) is -0.760. The Labute approximate surface area is 120 Å². The molecule has 0 spiro atoms. The van der Waals surface area contributed by atoms with Gasteiger partial charge in [0, 0.05) is 25.3 Å². The lowest BCUT2D eigenvalue weighted by Gasteiger charge is -2.34.